The van der Waals surface area contributed by atoms with E-state index in [1.54, 1.807) is 55.5 Å². The van der Waals surface area contributed by atoms with Crippen molar-refractivity contribution in [1.29, 1.82) is 0 Å². The molecule has 0 spiro atoms. The summed E-state index contributed by atoms with van der Waals surface area (Å²) < 4.78 is 31.7. The van der Waals surface area contributed by atoms with Crippen molar-refractivity contribution in [2.24, 2.45) is 5.92 Å². The van der Waals surface area contributed by atoms with Crippen LogP contribution in [0, 0.1) is 5.92 Å². The van der Waals surface area contributed by atoms with Crippen LogP contribution in [-0.2, 0) is 26.2 Å². The van der Waals surface area contributed by atoms with Crippen LogP contribution >= 0.6 is 11.6 Å². The summed E-state index contributed by atoms with van der Waals surface area (Å²) in [4.78, 5) is 27.7. The topological polar surface area (TPSA) is 96.0 Å². The third kappa shape index (κ3) is 8.74. The van der Waals surface area contributed by atoms with Gasteiger partial charge in [-0.05, 0) is 61.7 Å². The van der Waals surface area contributed by atoms with Gasteiger partial charge >= 0.3 is 0 Å². The second kappa shape index (κ2) is 12.8. The zero-order chi connectivity index (χ0) is 26.2. The number of carbonyl (C=O) groups is 2. The smallest absolute Gasteiger partial charge is 0.244 e. The molecule has 0 fully saturated rings. The molecule has 0 radical (unpaired) electrons. The lowest BCUT2D eigenvalue weighted by Gasteiger charge is -2.31. The lowest BCUT2D eigenvalue weighted by molar-refractivity contribution is -0.139. The summed E-state index contributed by atoms with van der Waals surface area (Å²) in [5.74, 6) is -0.00444. The molecule has 0 saturated carbocycles. The van der Waals surface area contributed by atoms with E-state index in [0.29, 0.717) is 29.6 Å². The minimum atomic E-state index is -3.80. The second-order valence-corrected chi connectivity index (χ2v) is 11.0. The van der Waals surface area contributed by atoms with Crippen LogP contribution in [0.15, 0.2) is 48.5 Å². The van der Waals surface area contributed by atoms with E-state index in [2.05, 4.69) is 5.32 Å². The predicted octanol–water partition coefficient (Wildman–Crippen LogP) is 3.69. The number of sulfonamides is 1. The van der Waals surface area contributed by atoms with E-state index in [1.807, 2.05) is 20.8 Å². The Kier molecular flexibility index (Phi) is 10.4. The number of hydrogen-bond acceptors (Lipinski definition) is 5. The summed E-state index contributed by atoms with van der Waals surface area (Å²) in [7, 11) is -3.80. The third-order valence-corrected chi connectivity index (χ3v) is 6.58. The molecule has 0 aliphatic carbocycles. The van der Waals surface area contributed by atoms with Crippen molar-refractivity contribution < 1.29 is 22.7 Å². The number of nitrogens with one attached hydrogen (secondary N) is 1. The van der Waals surface area contributed by atoms with E-state index >= 15 is 0 Å². The Bertz CT molecular complexity index is 1110. The standard InChI is InChI=1S/C25H34ClN3O5S/c1-6-34-23-12-10-22(11-13-23)29(35(5,32)33)17-24(30)28(16-20-8-7-9-21(26)14-20)19(4)25(31)27-15-18(2)3/h7-14,18-19H,6,15-17H2,1-5H3,(H,27,31). The van der Waals surface area contributed by atoms with Gasteiger partial charge in [0.2, 0.25) is 21.8 Å². The number of hydrogen-bond donors (Lipinski definition) is 1. The maximum atomic E-state index is 13.5. The van der Waals surface area contributed by atoms with Crippen molar-refractivity contribution in [3.8, 4) is 5.75 Å². The molecule has 2 amide bonds. The molecule has 35 heavy (non-hydrogen) atoms. The molecule has 1 N–H and O–H groups in total. The van der Waals surface area contributed by atoms with E-state index in [1.165, 1.54) is 4.90 Å². The molecule has 8 nitrogen and oxygen atoms in total. The first-order valence-electron chi connectivity index (χ1n) is 11.4. The monoisotopic (exact) mass is 523 g/mol. The number of anilines is 1. The van der Waals surface area contributed by atoms with Crippen LogP contribution in [0.2, 0.25) is 5.02 Å². The Morgan fingerprint density at radius 1 is 1.09 bits per heavy atom. The molecule has 2 aromatic carbocycles. The Balaban J connectivity index is 2.35. The molecule has 2 rings (SSSR count). The van der Waals surface area contributed by atoms with Crippen LogP contribution < -0.4 is 14.4 Å². The van der Waals surface area contributed by atoms with Crippen molar-refractivity contribution in [3.63, 3.8) is 0 Å². The molecule has 0 saturated heterocycles. The second-order valence-electron chi connectivity index (χ2n) is 8.66. The highest BCUT2D eigenvalue weighted by Gasteiger charge is 2.30. The number of rotatable bonds is 12. The summed E-state index contributed by atoms with van der Waals surface area (Å²) in [5, 5.41) is 3.34. The molecule has 0 aliphatic heterocycles. The van der Waals surface area contributed by atoms with Gasteiger partial charge in [0.05, 0.1) is 18.6 Å². The fourth-order valence-corrected chi connectivity index (χ4v) is 4.42. The summed E-state index contributed by atoms with van der Waals surface area (Å²) in [6.07, 6.45) is 1.04. The van der Waals surface area contributed by atoms with Crippen molar-refractivity contribution in [2.45, 2.75) is 40.3 Å². The van der Waals surface area contributed by atoms with Crippen LogP contribution in [-0.4, -0.2) is 57.1 Å². The summed E-state index contributed by atoms with van der Waals surface area (Å²) in [6.45, 7) is 7.99. The van der Waals surface area contributed by atoms with Crippen molar-refractivity contribution in [3.05, 3.63) is 59.1 Å². The van der Waals surface area contributed by atoms with Crippen LogP contribution in [0.1, 0.15) is 33.3 Å². The lowest BCUT2D eigenvalue weighted by atomic mass is 10.1. The zero-order valence-corrected chi connectivity index (χ0v) is 22.4. The largest absolute Gasteiger partial charge is 0.494 e. The number of halogens is 1. The quantitative estimate of drug-likeness (QED) is 0.457. The van der Waals surface area contributed by atoms with Gasteiger partial charge in [0.1, 0.15) is 18.3 Å². The zero-order valence-electron chi connectivity index (χ0n) is 20.8. The van der Waals surface area contributed by atoms with Gasteiger partial charge in [-0.2, -0.15) is 0 Å². The highest BCUT2D eigenvalue weighted by molar-refractivity contribution is 7.92. The fraction of sp³-hybridized carbons (Fsp3) is 0.440. The van der Waals surface area contributed by atoms with Crippen molar-refractivity contribution in [2.75, 3.05) is 30.3 Å². The van der Waals surface area contributed by atoms with Crippen LogP contribution in [0.25, 0.3) is 0 Å². The van der Waals surface area contributed by atoms with Crippen LogP contribution in [0.5, 0.6) is 5.75 Å². The molecule has 192 valence electrons. The van der Waals surface area contributed by atoms with Crippen molar-refractivity contribution in [1.82, 2.24) is 10.2 Å². The maximum Gasteiger partial charge on any atom is 0.244 e. The van der Waals surface area contributed by atoms with E-state index < -0.39 is 28.5 Å². The molecule has 0 heterocycles. The van der Waals surface area contributed by atoms with Gasteiger partial charge in [0.15, 0.2) is 0 Å². The summed E-state index contributed by atoms with van der Waals surface area (Å²) in [5.41, 5.74) is 1.05. The highest BCUT2D eigenvalue weighted by atomic mass is 35.5. The predicted molar refractivity (Wildman–Crippen MR) is 139 cm³/mol. The number of carbonyl (C=O) groups excluding carboxylic acids is 2. The number of ether oxygens (including phenoxy) is 1. The first kappa shape index (κ1) is 28.5. The molecule has 0 aliphatic rings. The summed E-state index contributed by atoms with van der Waals surface area (Å²) >= 11 is 6.11. The lowest BCUT2D eigenvalue weighted by Crippen LogP contribution is -2.51. The molecule has 1 unspecified atom stereocenters. The first-order valence-corrected chi connectivity index (χ1v) is 13.7. The Hall–Kier alpha value is -2.78. The van der Waals surface area contributed by atoms with Crippen molar-refractivity contribution >= 4 is 39.1 Å². The average molecular weight is 524 g/mol. The van der Waals surface area contributed by atoms with Crippen LogP contribution in [0.4, 0.5) is 5.69 Å². The van der Waals surface area contributed by atoms with E-state index in [-0.39, 0.29) is 18.4 Å². The molecular formula is C25H34ClN3O5S. The van der Waals surface area contributed by atoms with Gasteiger partial charge in [-0.1, -0.05) is 37.6 Å². The first-order chi connectivity index (χ1) is 16.4. The van der Waals surface area contributed by atoms with E-state index in [9.17, 15) is 18.0 Å². The van der Waals surface area contributed by atoms with Gasteiger partial charge in [-0.15, -0.1) is 0 Å². The molecule has 10 heteroatoms. The van der Waals surface area contributed by atoms with Crippen LogP contribution in [0.3, 0.4) is 0 Å². The summed E-state index contributed by atoms with van der Waals surface area (Å²) in [6, 6.07) is 12.6. The minimum Gasteiger partial charge on any atom is -0.494 e. The Morgan fingerprint density at radius 2 is 1.74 bits per heavy atom. The van der Waals surface area contributed by atoms with E-state index in [4.69, 9.17) is 16.3 Å². The molecular weight excluding hydrogens is 490 g/mol. The van der Waals surface area contributed by atoms with Gasteiger partial charge in [-0.25, -0.2) is 8.42 Å². The normalized spacial score (nSPS) is 12.2. The van der Waals surface area contributed by atoms with Gasteiger partial charge in [0.25, 0.3) is 0 Å². The maximum absolute atomic E-state index is 13.5. The van der Waals surface area contributed by atoms with Gasteiger partial charge in [-0.3, -0.25) is 13.9 Å². The SMILES string of the molecule is CCOc1ccc(N(CC(=O)N(Cc2cccc(Cl)c2)C(C)C(=O)NCC(C)C)S(C)(=O)=O)cc1. The Labute approximate surface area is 213 Å². The highest BCUT2D eigenvalue weighted by Crippen LogP contribution is 2.23. The molecule has 0 aromatic heterocycles. The fourth-order valence-electron chi connectivity index (χ4n) is 3.36. The molecule has 2 aromatic rings. The number of amides is 2. The van der Waals surface area contributed by atoms with Gasteiger partial charge < -0.3 is 15.0 Å². The van der Waals surface area contributed by atoms with E-state index in [0.717, 1.165) is 16.1 Å². The van der Waals surface area contributed by atoms with Gasteiger partial charge in [0, 0.05) is 18.1 Å². The number of nitrogens with zero attached hydrogens (tertiary/aromatic N) is 2. The molecule has 0 bridgehead atoms. The minimum absolute atomic E-state index is 0.0938. The average Bonchev–Trinajstić information content (AvgIpc) is 2.79. The third-order valence-electron chi connectivity index (χ3n) is 5.21. The molecule has 1 atom stereocenters. The number of benzene rings is 2. The Morgan fingerprint density at radius 3 is 2.29 bits per heavy atom.